The molecule has 20 heteroatoms. The van der Waals surface area contributed by atoms with Gasteiger partial charge < -0.3 is 20.1 Å². The van der Waals surface area contributed by atoms with E-state index in [2.05, 4.69) is 38.8 Å². The van der Waals surface area contributed by atoms with Gasteiger partial charge in [0, 0.05) is 48.9 Å². The minimum absolute atomic E-state index is 0.311. The molecule has 2 aromatic rings. The molecule has 3 N–H and O–H groups in total. The highest BCUT2D eigenvalue weighted by molar-refractivity contribution is 8.01. The van der Waals surface area contributed by atoms with Gasteiger partial charge in [0.1, 0.15) is 11.9 Å². The van der Waals surface area contributed by atoms with Crippen LogP contribution in [-0.4, -0.2) is 96.3 Å². The van der Waals surface area contributed by atoms with Gasteiger partial charge in [-0.2, -0.15) is 39.5 Å². The van der Waals surface area contributed by atoms with Crippen molar-refractivity contribution in [2.75, 3.05) is 18.8 Å². The molecule has 10 nitrogen and oxygen atoms in total. The van der Waals surface area contributed by atoms with Crippen molar-refractivity contribution in [1.82, 2.24) is 14.9 Å². The van der Waals surface area contributed by atoms with E-state index in [1.54, 1.807) is 12.4 Å². The Morgan fingerprint density at radius 3 is 1.77 bits per heavy atom. The smallest absolute Gasteiger partial charge is 0.488 e. The number of aromatic nitrogens is 2. The zero-order valence-electron chi connectivity index (χ0n) is 21.4. The van der Waals surface area contributed by atoms with Crippen molar-refractivity contribution in [2.45, 2.75) is 42.3 Å². The Morgan fingerprint density at radius 1 is 0.860 bits per heavy atom. The third-order valence-electron chi connectivity index (χ3n) is 4.98. The van der Waals surface area contributed by atoms with Crippen LogP contribution >= 0.6 is 11.8 Å². The van der Waals surface area contributed by atoms with Crippen LogP contribution in [0.4, 0.5) is 39.5 Å². The molecular formula is C23H22F9N3O7S. The van der Waals surface area contributed by atoms with Gasteiger partial charge in [0.05, 0.1) is 11.9 Å². The Kier molecular flexibility index (Phi) is 13.5. The van der Waals surface area contributed by atoms with Crippen LogP contribution < -0.4 is 4.74 Å². The molecule has 4 heterocycles. The summed E-state index contributed by atoms with van der Waals surface area (Å²) in [6.45, 7) is 3.24. The predicted molar refractivity (Wildman–Crippen MR) is 129 cm³/mol. The molecule has 2 aromatic heterocycles. The molecule has 0 radical (unpaired) electrons. The topological polar surface area (TPSA) is 150 Å². The molecule has 240 valence electrons. The number of carbonyl (C=O) groups is 3. The maximum absolute atomic E-state index is 10.6. The van der Waals surface area contributed by atoms with E-state index in [-0.39, 0.29) is 0 Å². The van der Waals surface area contributed by atoms with Gasteiger partial charge in [-0.3, -0.25) is 14.9 Å². The Bertz CT molecular complexity index is 1120. The van der Waals surface area contributed by atoms with Crippen molar-refractivity contribution in [3.63, 3.8) is 0 Å². The van der Waals surface area contributed by atoms with E-state index in [0.717, 1.165) is 43.3 Å². The van der Waals surface area contributed by atoms with Crippen LogP contribution in [0.15, 0.2) is 48.9 Å². The van der Waals surface area contributed by atoms with E-state index >= 15 is 0 Å². The van der Waals surface area contributed by atoms with E-state index < -0.39 is 36.4 Å². The molecule has 1 unspecified atom stereocenters. The maximum Gasteiger partial charge on any atom is 0.490 e. The Hall–Kier alpha value is -3.81. The fourth-order valence-electron chi connectivity index (χ4n) is 3.31. The number of pyridine rings is 2. The molecule has 2 aliphatic heterocycles. The first-order valence-corrected chi connectivity index (χ1v) is 12.4. The SMILES string of the molecule is O=C(O)C(F)(F)F.O=C(O)C(F)(F)F.O=C(O)C(F)(F)F.c1ccc(CN2CC3(CC(Oc4cccnc4)CS3)C2)nc1. The van der Waals surface area contributed by atoms with Crippen LogP contribution in [0.3, 0.4) is 0 Å². The summed E-state index contributed by atoms with van der Waals surface area (Å²) in [6, 6.07) is 10.0. The second-order valence-electron chi connectivity index (χ2n) is 8.50. The first-order valence-electron chi connectivity index (χ1n) is 11.4. The number of aliphatic carboxylic acids is 3. The van der Waals surface area contributed by atoms with Crippen LogP contribution in [-0.2, 0) is 20.9 Å². The first-order chi connectivity index (χ1) is 19.6. The molecule has 1 spiro atoms. The zero-order chi connectivity index (χ0) is 33.1. The summed E-state index contributed by atoms with van der Waals surface area (Å²) in [7, 11) is 0. The monoisotopic (exact) mass is 655 g/mol. The first kappa shape index (κ1) is 37.2. The Morgan fingerprint density at radius 2 is 1.37 bits per heavy atom. The van der Waals surface area contributed by atoms with Gasteiger partial charge in [-0.15, -0.1) is 11.8 Å². The third-order valence-corrected chi connectivity index (χ3v) is 6.55. The van der Waals surface area contributed by atoms with E-state index in [9.17, 15) is 39.5 Å². The fourth-order valence-corrected chi connectivity index (χ4v) is 4.89. The number of ether oxygens (including phenoxy) is 1. The number of hydrogen-bond donors (Lipinski definition) is 3. The van der Waals surface area contributed by atoms with Crippen LogP contribution in [0, 0.1) is 0 Å². The average Bonchev–Trinajstić information content (AvgIpc) is 3.28. The molecule has 0 amide bonds. The van der Waals surface area contributed by atoms with Gasteiger partial charge in [0.15, 0.2) is 0 Å². The highest BCUT2D eigenvalue weighted by atomic mass is 32.2. The van der Waals surface area contributed by atoms with Crippen molar-refractivity contribution in [1.29, 1.82) is 0 Å². The second kappa shape index (κ2) is 15.6. The lowest BCUT2D eigenvalue weighted by atomic mass is 9.93. The summed E-state index contributed by atoms with van der Waals surface area (Å²) >= 11 is 2.07. The number of carboxylic acids is 3. The molecule has 0 aromatic carbocycles. The lowest BCUT2D eigenvalue weighted by Crippen LogP contribution is -2.58. The van der Waals surface area contributed by atoms with E-state index in [4.69, 9.17) is 34.4 Å². The van der Waals surface area contributed by atoms with Gasteiger partial charge in [0.2, 0.25) is 0 Å². The summed E-state index contributed by atoms with van der Waals surface area (Å²) in [5.41, 5.74) is 1.16. The number of carboxylic acid groups (broad SMARTS) is 3. The number of halogens is 9. The molecular weight excluding hydrogens is 633 g/mol. The third kappa shape index (κ3) is 14.3. The summed E-state index contributed by atoms with van der Waals surface area (Å²) in [5.74, 6) is -6.31. The number of alkyl halides is 9. The highest BCUT2D eigenvalue weighted by Gasteiger charge is 2.49. The summed E-state index contributed by atoms with van der Waals surface area (Å²) in [5, 5.41) is 21.4. The zero-order valence-corrected chi connectivity index (χ0v) is 22.2. The summed E-state index contributed by atoms with van der Waals surface area (Å²) in [4.78, 5) is 37.7. The number of thioether (sulfide) groups is 1. The molecule has 1 atom stereocenters. The number of nitrogens with zero attached hydrogens (tertiary/aromatic N) is 3. The molecule has 0 aliphatic carbocycles. The molecule has 2 saturated heterocycles. The van der Waals surface area contributed by atoms with Gasteiger partial charge in [-0.25, -0.2) is 14.4 Å². The van der Waals surface area contributed by atoms with Crippen molar-refractivity contribution in [3.05, 3.63) is 54.6 Å². The van der Waals surface area contributed by atoms with Gasteiger partial charge in [-0.1, -0.05) is 6.07 Å². The minimum atomic E-state index is -5.08. The largest absolute Gasteiger partial charge is 0.490 e. The van der Waals surface area contributed by atoms with Crippen molar-refractivity contribution >= 4 is 29.7 Å². The van der Waals surface area contributed by atoms with Crippen LogP contribution in [0.25, 0.3) is 0 Å². The van der Waals surface area contributed by atoms with Crippen LogP contribution in [0.1, 0.15) is 12.1 Å². The van der Waals surface area contributed by atoms with E-state index in [1.807, 2.05) is 24.4 Å². The lowest BCUT2D eigenvalue weighted by Gasteiger charge is -2.47. The van der Waals surface area contributed by atoms with Gasteiger partial charge >= 0.3 is 36.4 Å². The molecule has 0 saturated carbocycles. The molecule has 43 heavy (non-hydrogen) atoms. The Balaban J connectivity index is 0.000000363. The average molecular weight is 655 g/mol. The molecule has 0 bridgehead atoms. The standard InChI is InChI=1S/C17H19N3OS.3C2HF3O2/c1-2-7-19-14(4-1)10-20-12-17(13-20)8-16(11-22-17)21-15-5-3-6-18-9-15;3*3-2(4,5)1(6)7/h1-7,9,16H,8,10-13H2;3*(H,6,7). The van der Waals surface area contributed by atoms with Gasteiger partial charge in [-0.05, 0) is 24.3 Å². The maximum atomic E-state index is 10.6. The Labute approximate surface area is 240 Å². The predicted octanol–water partition coefficient (Wildman–Crippen LogP) is 4.52. The second-order valence-corrected chi connectivity index (χ2v) is 9.99. The normalized spacial score (nSPS) is 17.5. The van der Waals surface area contributed by atoms with Crippen molar-refractivity contribution < 1.29 is 74.0 Å². The van der Waals surface area contributed by atoms with E-state index in [0.29, 0.717) is 10.9 Å². The van der Waals surface area contributed by atoms with Crippen LogP contribution in [0.2, 0.25) is 0 Å². The lowest BCUT2D eigenvalue weighted by molar-refractivity contribution is -0.193. The highest BCUT2D eigenvalue weighted by Crippen LogP contribution is 2.46. The summed E-state index contributed by atoms with van der Waals surface area (Å²) in [6.07, 6.45) is -8.37. The van der Waals surface area contributed by atoms with Gasteiger partial charge in [0.25, 0.3) is 0 Å². The minimum Gasteiger partial charge on any atom is -0.488 e. The number of likely N-dealkylation sites (tertiary alicyclic amines) is 1. The van der Waals surface area contributed by atoms with Crippen molar-refractivity contribution in [3.8, 4) is 5.75 Å². The number of hydrogen-bond acceptors (Lipinski definition) is 8. The van der Waals surface area contributed by atoms with Crippen LogP contribution in [0.5, 0.6) is 5.75 Å². The molecule has 2 fully saturated rings. The fraction of sp³-hybridized carbons (Fsp3) is 0.435. The van der Waals surface area contributed by atoms with E-state index in [1.165, 1.54) is 0 Å². The summed E-state index contributed by atoms with van der Waals surface area (Å²) < 4.78 is 102. The quantitative estimate of drug-likeness (QED) is 0.399. The molecule has 4 rings (SSSR count). The number of rotatable bonds is 4. The van der Waals surface area contributed by atoms with Crippen molar-refractivity contribution in [2.24, 2.45) is 0 Å². The molecule has 2 aliphatic rings.